The maximum atomic E-state index is 5.62. The largest absolute Gasteiger partial charge is 0.478 e. The minimum absolute atomic E-state index is 0.709. The summed E-state index contributed by atoms with van der Waals surface area (Å²) in [5, 5.41) is 3.44. The Kier molecular flexibility index (Phi) is 5.26. The zero-order valence-corrected chi connectivity index (χ0v) is 11.6. The van der Waals surface area contributed by atoms with Gasteiger partial charge in [0.2, 0.25) is 5.88 Å². The molecule has 1 aromatic heterocycles. The summed E-state index contributed by atoms with van der Waals surface area (Å²) in [7, 11) is 0. The van der Waals surface area contributed by atoms with Crippen molar-refractivity contribution < 1.29 is 4.74 Å². The number of ether oxygens (including phenoxy) is 1. The first kappa shape index (κ1) is 12.8. The lowest BCUT2D eigenvalue weighted by Gasteiger charge is -2.22. The van der Waals surface area contributed by atoms with Crippen molar-refractivity contribution in [3.63, 3.8) is 0 Å². The molecule has 1 aromatic rings. The van der Waals surface area contributed by atoms with Crippen LogP contribution in [0.1, 0.15) is 25.7 Å². The summed E-state index contributed by atoms with van der Waals surface area (Å²) in [4.78, 5) is 4.24. The van der Waals surface area contributed by atoms with Crippen molar-refractivity contribution in [2.45, 2.75) is 25.7 Å². The lowest BCUT2D eigenvalue weighted by Crippen LogP contribution is -2.29. The monoisotopic (exact) mass is 298 g/mol. The molecule has 2 heterocycles. The topological polar surface area (TPSA) is 34.1 Å². The molecular weight excluding hydrogens is 280 g/mol. The van der Waals surface area contributed by atoms with Crippen LogP contribution in [0.15, 0.2) is 22.8 Å². The van der Waals surface area contributed by atoms with Gasteiger partial charge in [0.15, 0.2) is 0 Å². The van der Waals surface area contributed by atoms with Crippen LogP contribution in [-0.2, 0) is 0 Å². The number of nitrogens with one attached hydrogen (secondary N) is 1. The Morgan fingerprint density at radius 3 is 3.18 bits per heavy atom. The first-order valence-electron chi connectivity index (χ1n) is 6.30. The van der Waals surface area contributed by atoms with Gasteiger partial charge < -0.3 is 10.1 Å². The second kappa shape index (κ2) is 6.97. The van der Waals surface area contributed by atoms with Gasteiger partial charge in [-0.1, -0.05) is 6.07 Å². The van der Waals surface area contributed by atoms with Crippen molar-refractivity contribution in [1.82, 2.24) is 10.3 Å². The molecule has 0 saturated carbocycles. The summed E-state index contributed by atoms with van der Waals surface area (Å²) in [6.07, 6.45) is 5.04. The molecule has 0 amide bonds. The molecule has 1 aliphatic heterocycles. The van der Waals surface area contributed by atoms with Gasteiger partial charge in [-0.25, -0.2) is 4.98 Å². The Morgan fingerprint density at radius 2 is 2.41 bits per heavy atom. The van der Waals surface area contributed by atoms with Crippen LogP contribution in [0.25, 0.3) is 0 Å². The summed E-state index contributed by atoms with van der Waals surface area (Å²) in [5.41, 5.74) is 0. The third kappa shape index (κ3) is 4.64. The molecule has 1 atom stereocenters. The Morgan fingerprint density at radius 1 is 1.47 bits per heavy atom. The molecule has 1 aliphatic rings. The predicted octanol–water partition coefficient (Wildman–Crippen LogP) is 3.00. The van der Waals surface area contributed by atoms with E-state index in [4.69, 9.17) is 4.74 Å². The van der Waals surface area contributed by atoms with Gasteiger partial charge in [0.25, 0.3) is 0 Å². The highest BCUT2D eigenvalue weighted by atomic mass is 79.9. The van der Waals surface area contributed by atoms with Crippen LogP contribution in [0.4, 0.5) is 0 Å². The molecule has 2 rings (SSSR count). The van der Waals surface area contributed by atoms with Crippen molar-refractivity contribution in [2.24, 2.45) is 5.92 Å². The predicted molar refractivity (Wildman–Crippen MR) is 72.3 cm³/mol. The molecule has 4 heteroatoms. The maximum absolute atomic E-state index is 5.62. The van der Waals surface area contributed by atoms with Crippen LogP contribution in [0.5, 0.6) is 5.88 Å². The third-order valence-corrected chi connectivity index (χ3v) is 3.54. The molecule has 1 N–H and O–H groups in total. The van der Waals surface area contributed by atoms with E-state index in [2.05, 4.69) is 26.2 Å². The van der Waals surface area contributed by atoms with E-state index in [1.807, 2.05) is 18.2 Å². The second-order valence-corrected chi connectivity index (χ2v) is 5.31. The number of nitrogens with zero attached hydrogens (tertiary/aromatic N) is 1. The fourth-order valence-electron chi connectivity index (χ4n) is 2.19. The van der Waals surface area contributed by atoms with Crippen LogP contribution in [0.2, 0.25) is 0 Å². The van der Waals surface area contributed by atoms with Crippen LogP contribution in [0.3, 0.4) is 0 Å². The summed E-state index contributed by atoms with van der Waals surface area (Å²) in [5.74, 6) is 1.55. The number of rotatable bonds is 5. The fraction of sp³-hybridized carbons (Fsp3) is 0.615. The molecule has 0 unspecified atom stereocenters. The molecule has 0 radical (unpaired) electrons. The molecule has 0 bridgehead atoms. The zero-order chi connectivity index (χ0) is 11.9. The van der Waals surface area contributed by atoms with Gasteiger partial charge in [0, 0.05) is 6.07 Å². The Hall–Kier alpha value is -0.610. The van der Waals surface area contributed by atoms with E-state index in [9.17, 15) is 0 Å². The zero-order valence-electron chi connectivity index (χ0n) is 9.99. The molecule has 1 saturated heterocycles. The maximum Gasteiger partial charge on any atom is 0.214 e. The summed E-state index contributed by atoms with van der Waals surface area (Å²) in [6.45, 7) is 3.13. The second-order valence-electron chi connectivity index (χ2n) is 4.50. The Labute approximate surface area is 111 Å². The quantitative estimate of drug-likeness (QED) is 0.670. The third-order valence-electron chi connectivity index (χ3n) is 3.10. The SMILES string of the molecule is Brc1cccc(OCCC[C@H]2CCCNC2)n1. The number of aromatic nitrogens is 1. The van der Waals surface area contributed by atoms with E-state index >= 15 is 0 Å². The van der Waals surface area contributed by atoms with E-state index in [1.54, 1.807) is 0 Å². The molecule has 17 heavy (non-hydrogen) atoms. The summed E-state index contributed by atoms with van der Waals surface area (Å²) >= 11 is 3.33. The average Bonchev–Trinajstić information content (AvgIpc) is 2.36. The standard InChI is InChI=1S/C13H19BrN2O/c14-12-6-1-7-13(16-12)17-9-3-5-11-4-2-8-15-10-11/h1,6-7,11,15H,2-5,8-10H2/t11-/m1/s1. The van der Waals surface area contributed by atoms with Crippen LogP contribution >= 0.6 is 15.9 Å². The van der Waals surface area contributed by atoms with Crippen molar-refractivity contribution in [3.05, 3.63) is 22.8 Å². The highest BCUT2D eigenvalue weighted by molar-refractivity contribution is 9.10. The van der Waals surface area contributed by atoms with Crippen LogP contribution in [-0.4, -0.2) is 24.7 Å². The lowest BCUT2D eigenvalue weighted by molar-refractivity contribution is 0.268. The minimum Gasteiger partial charge on any atom is -0.478 e. The lowest BCUT2D eigenvalue weighted by atomic mass is 9.95. The summed E-state index contributed by atoms with van der Waals surface area (Å²) < 4.78 is 6.44. The van der Waals surface area contributed by atoms with Crippen LogP contribution in [0, 0.1) is 5.92 Å². The van der Waals surface area contributed by atoms with Crippen molar-refractivity contribution in [3.8, 4) is 5.88 Å². The molecular formula is C13H19BrN2O. The van der Waals surface area contributed by atoms with Crippen molar-refractivity contribution >= 4 is 15.9 Å². The number of hydrogen-bond donors (Lipinski definition) is 1. The van der Waals surface area contributed by atoms with Gasteiger partial charge in [-0.15, -0.1) is 0 Å². The van der Waals surface area contributed by atoms with E-state index in [0.717, 1.165) is 23.5 Å². The van der Waals surface area contributed by atoms with E-state index in [1.165, 1.54) is 32.4 Å². The Balaban J connectivity index is 1.62. The van der Waals surface area contributed by atoms with Gasteiger partial charge in [-0.3, -0.25) is 0 Å². The average molecular weight is 299 g/mol. The summed E-state index contributed by atoms with van der Waals surface area (Å²) in [6, 6.07) is 5.74. The van der Waals surface area contributed by atoms with Crippen molar-refractivity contribution in [1.29, 1.82) is 0 Å². The van der Waals surface area contributed by atoms with Crippen LogP contribution < -0.4 is 10.1 Å². The molecule has 0 aromatic carbocycles. The number of piperidine rings is 1. The number of hydrogen-bond acceptors (Lipinski definition) is 3. The highest BCUT2D eigenvalue weighted by Crippen LogP contribution is 2.17. The normalized spacial score (nSPS) is 20.2. The number of pyridine rings is 1. The first-order valence-corrected chi connectivity index (χ1v) is 7.10. The van der Waals surface area contributed by atoms with Gasteiger partial charge in [-0.2, -0.15) is 0 Å². The smallest absolute Gasteiger partial charge is 0.214 e. The van der Waals surface area contributed by atoms with E-state index in [-0.39, 0.29) is 0 Å². The molecule has 0 aliphatic carbocycles. The first-order chi connectivity index (χ1) is 8.34. The number of halogens is 1. The highest BCUT2D eigenvalue weighted by Gasteiger charge is 2.12. The molecule has 3 nitrogen and oxygen atoms in total. The van der Waals surface area contributed by atoms with Gasteiger partial charge in [0.1, 0.15) is 4.60 Å². The minimum atomic E-state index is 0.709. The molecule has 1 fully saturated rings. The van der Waals surface area contributed by atoms with E-state index < -0.39 is 0 Å². The van der Waals surface area contributed by atoms with Crippen molar-refractivity contribution in [2.75, 3.05) is 19.7 Å². The van der Waals surface area contributed by atoms with Gasteiger partial charge in [-0.05, 0) is 66.7 Å². The Bertz CT molecular complexity index is 340. The fourth-order valence-corrected chi connectivity index (χ4v) is 2.52. The molecule has 0 spiro atoms. The van der Waals surface area contributed by atoms with E-state index in [0.29, 0.717) is 5.88 Å². The van der Waals surface area contributed by atoms with Gasteiger partial charge in [0.05, 0.1) is 6.61 Å². The molecule has 94 valence electrons. The van der Waals surface area contributed by atoms with Gasteiger partial charge >= 0.3 is 0 Å².